The zero-order valence-corrected chi connectivity index (χ0v) is 13.1. The molecule has 19 heavy (non-hydrogen) atoms. The molecule has 0 aromatic heterocycles. The van der Waals surface area contributed by atoms with E-state index in [2.05, 4.69) is 51.2 Å². The molecule has 1 N–H and O–H groups in total. The Morgan fingerprint density at radius 2 is 1.84 bits per heavy atom. The van der Waals surface area contributed by atoms with Crippen LogP contribution in [0.25, 0.3) is 0 Å². The van der Waals surface area contributed by atoms with Gasteiger partial charge in [0, 0.05) is 12.6 Å². The fraction of sp³-hybridized carbons (Fsp3) is 0.667. The van der Waals surface area contributed by atoms with Crippen molar-refractivity contribution >= 4 is 0 Å². The number of nitrogens with one attached hydrogen (secondary N) is 1. The second kappa shape index (κ2) is 6.09. The van der Waals surface area contributed by atoms with E-state index < -0.39 is 0 Å². The molecular weight excluding hydrogens is 230 g/mol. The third-order valence-electron chi connectivity index (χ3n) is 4.50. The zero-order valence-electron chi connectivity index (χ0n) is 13.1. The van der Waals surface area contributed by atoms with Gasteiger partial charge in [-0.15, -0.1) is 0 Å². The lowest BCUT2D eigenvalue weighted by molar-refractivity contribution is 0.273. The number of hydrogen-bond acceptors (Lipinski definition) is 1. The van der Waals surface area contributed by atoms with Gasteiger partial charge in [0.25, 0.3) is 0 Å². The fourth-order valence-corrected chi connectivity index (χ4v) is 3.08. The average molecular weight is 259 g/mol. The van der Waals surface area contributed by atoms with Gasteiger partial charge in [-0.1, -0.05) is 38.5 Å². The number of aryl methyl sites for hydroxylation is 2. The first-order valence-corrected chi connectivity index (χ1v) is 7.82. The van der Waals surface area contributed by atoms with Crippen molar-refractivity contribution in [3.63, 3.8) is 0 Å². The van der Waals surface area contributed by atoms with E-state index in [-0.39, 0.29) is 0 Å². The first-order valence-electron chi connectivity index (χ1n) is 7.82. The third kappa shape index (κ3) is 4.07. The van der Waals surface area contributed by atoms with E-state index in [0.29, 0.717) is 5.41 Å². The van der Waals surface area contributed by atoms with Crippen LogP contribution < -0.4 is 5.32 Å². The molecule has 0 spiro atoms. The molecule has 0 bridgehead atoms. The summed E-state index contributed by atoms with van der Waals surface area (Å²) in [6.45, 7) is 10.4. The second-order valence-electron chi connectivity index (χ2n) is 6.76. The van der Waals surface area contributed by atoms with Gasteiger partial charge in [-0.05, 0) is 61.6 Å². The van der Waals surface area contributed by atoms with Gasteiger partial charge in [0.15, 0.2) is 0 Å². The molecule has 1 heteroatoms. The lowest BCUT2D eigenvalue weighted by Gasteiger charge is -2.31. The summed E-state index contributed by atoms with van der Waals surface area (Å²) in [5.74, 6) is 0. The van der Waals surface area contributed by atoms with Gasteiger partial charge in [-0.25, -0.2) is 0 Å². The van der Waals surface area contributed by atoms with Crippen LogP contribution in [-0.2, 0) is 6.42 Å². The van der Waals surface area contributed by atoms with E-state index in [4.69, 9.17) is 0 Å². The molecule has 1 aliphatic rings. The first kappa shape index (κ1) is 14.6. The van der Waals surface area contributed by atoms with Crippen molar-refractivity contribution in [3.05, 3.63) is 34.9 Å². The summed E-state index contributed by atoms with van der Waals surface area (Å²) >= 11 is 0. The molecule has 1 aromatic carbocycles. The topological polar surface area (TPSA) is 12.0 Å². The molecule has 0 amide bonds. The minimum atomic E-state index is 0.397. The Balaban J connectivity index is 2.09. The normalized spacial score (nSPS) is 18.3. The summed E-state index contributed by atoms with van der Waals surface area (Å²) in [6.07, 6.45) is 6.55. The average Bonchev–Trinajstić information content (AvgIpc) is 3.16. The monoisotopic (exact) mass is 259 g/mol. The van der Waals surface area contributed by atoms with Crippen molar-refractivity contribution < 1.29 is 0 Å². The summed E-state index contributed by atoms with van der Waals surface area (Å²) < 4.78 is 0. The Bertz CT molecular complexity index is 399. The maximum Gasteiger partial charge on any atom is 0.00684 e. The van der Waals surface area contributed by atoms with Crippen LogP contribution in [0, 0.1) is 19.3 Å². The Kier molecular flexibility index (Phi) is 4.67. The SMILES string of the molecule is CCCC(C)(CNC1CC1)Cc1c(C)cccc1C. The van der Waals surface area contributed by atoms with Gasteiger partial charge < -0.3 is 5.32 Å². The minimum Gasteiger partial charge on any atom is -0.313 e. The molecule has 106 valence electrons. The summed E-state index contributed by atoms with van der Waals surface area (Å²) in [5, 5.41) is 3.74. The van der Waals surface area contributed by atoms with Gasteiger partial charge >= 0.3 is 0 Å². The lowest BCUT2D eigenvalue weighted by Crippen LogP contribution is -2.35. The standard InChI is InChI=1S/C18H29N/c1-5-11-18(4,13-19-16-9-10-16)12-17-14(2)7-6-8-15(17)3/h6-8,16,19H,5,9-13H2,1-4H3. The maximum absolute atomic E-state index is 3.74. The van der Waals surface area contributed by atoms with Crippen LogP contribution in [0.15, 0.2) is 18.2 Å². The first-order chi connectivity index (χ1) is 9.04. The van der Waals surface area contributed by atoms with Crippen LogP contribution in [-0.4, -0.2) is 12.6 Å². The molecule has 1 aliphatic carbocycles. The molecular formula is C18H29N. The van der Waals surface area contributed by atoms with E-state index >= 15 is 0 Å². The molecule has 1 nitrogen and oxygen atoms in total. The Labute approximate surface area is 118 Å². The highest BCUT2D eigenvalue weighted by molar-refractivity contribution is 5.34. The Morgan fingerprint density at radius 3 is 2.37 bits per heavy atom. The summed E-state index contributed by atoms with van der Waals surface area (Å²) in [6, 6.07) is 7.49. The van der Waals surface area contributed by atoms with Gasteiger partial charge in [0.2, 0.25) is 0 Å². The zero-order chi connectivity index (χ0) is 13.9. The molecule has 0 radical (unpaired) electrons. The fourth-order valence-electron chi connectivity index (χ4n) is 3.08. The van der Waals surface area contributed by atoms with E-state index in [9.17, 15) is 0 Å². The van der Waals surface area contributed by atoms with Gasteiger partial charge in [-0.2, -0.15) is 0 Å². The highest BCUT2D eigenvalue weighted by atomic mass is 15.0. The van der Waals surface area contributed by atoms with E-state index in [1.165, 1.54) is 49.8 Å². The predicted molar refractivity (Wildman–Crippen MR) is 83.7 cm³/mol. The predicted octanol–water partition coefficient (Wildman–Crippen LogP) is 4.40. The number of rotatable bonds is 7. The summed E-state index contributed by atoms with van der Waals surface area (Å²) in [5.41, 5.74) is 4.87. The third-order valence-corrected chi connectivity index (χ3v) is 4.50. The van der Waals surface area contributed by atoms with E-state index in [1.807, 2.05) is 0 Å². The van der Waals surface area contributed by atoms with Gasteiger partial charge in [0.05, 0.1) is 0 Å². The maximum atomic E-state index is 3.74. The lowest BCUT2D eigenvalue weighted by atomic mass is 9.77. The van der Waals surface area contributed by atoms with E-state index in [0.717, 1.165) is 6.04 Å². The summed E-state index contributed by atoms with van der Waals surface area (Å²) in [7, 11) is 0. The van der Waals surface area contributed by atoms with Crippen molar-refractivity contribution in [1.29, 1.82) is 0 Å². The Morgan fingerprint density at radius 1 is 1.21 bits per heavy atom. The molecule has 1 unspecified atom stereocenters. The Hall–Kier alpha value is -0.820. The second-order valence-corrected chi connectivity index (χ2v) is 6.76. The van der Waals surface area contributed by atoms with Crippen molar-refractivity contribution in [2.75, 3.05) is 6.54 Å². The number of hydrogen-bond donors (Lipinski definition) is 1. The van der Waals surface area contributed by atoms with Gasteiger partial charge in [-0.3, -0.25) is 0 Å². The minimum absolute atomic E-state index is 0.397. The molecule has 0 heterocycles. The largest absolute Gasteiger partial charge is 0.313 e. The highest BCUT2D eigenvalue weighted by Crippen LogP contribution is 2.31. The van der Waals surface area contributed by atoms with Crippen LogP contribution >= 0.6 is 0 Å². The van der Waals surface area contributed by atoms with E-state index in [1.54, 1.807) is 5.56 Å². The van der Waals surface area contributed by atoms with Crippen LogP contribution in [0.5, 0.6) is 0 Å². The molecule has 2 rings (SSSR count). The van der Waals surface area contributed by atoms with Crippen molar-refractivity contribution in [1.82, 2.24) is 5.32 Å². The molecule has 0 saturated heterocycles. The molecule has 1 atom stereocenters. The van der Waals surface area contributed by atoms with Crippen LogP contribution in [0.2, 0.25) is 0 Å². The highest BCUT2D eigenvalue weighted by Gasteiger charge is 2.29. The van der Waals surface area contributed by atoms with Crippen molar-refractivity contribution in [2.45, 2.75) is 65.8 Å². The smallest absolute Gasteiger partial charge is 0.00684 e. The number of benzene rings is 1. The van der Waals surface area contributed by atoms with Crippen LogP contribution in [0.3, 0.4) is 0 Å². The molecule has 1 saturated carbocycles. The molecule has 0 aliphatic heterocycles. The van der Waals surface area contributed by atoms with Crippen LogP contribution in [0.4, 0.5) is 0 Å². The molecule has 1 aromatic rings. The summed E-state index contributed by atoms with van der Waals surface area (Å²) in [4.78, 5) is 0. The van der Waals surface area contributed by atoms with Crippen molar-refractivity contribution in [3.8, 4) is 0 Å². The van der Waals surface area contributed by atoms with Gasteiger partial charge in [0.1, 0.15) is 0 Å². The molecule has 1 fully saturated rings. The van der Waals surface area contributed by atoms with Crippen molar-refractivity contribution in [2.24, 2.45) is 5.41 Å². The quantitative estimate of drug-likeness (QED) is 0.765. The van der Waals surface area contributed by atoms with Crippen LogP contribution in [0.1, 0.15) is 56.2 Å².